The molecule has 0 spiro atoms. The Morgan fingerprint density at radius 3 is 1.64 bits per heavy atom. The van der Waals surface area contributed by atoms with Crippen LogP contribution in [0.1, 0.15) is 117 Å². The number of rotatable bonds is 19. The van der Waals surface area contributed by atoms with Crippen LogP contribution in [0.25, 0.3) is 0 Å². The number of hydrogen-bond acceptors (Lipinski definition) is 4. The molecule has 0 aliphatic rings. The predicted molar refractivity (Wildman–Crippen MR) is 115 cm³/mol. The van der Waals surface area contributed by atoms with E-state index in [1.54, 1.807) is 0 Å². The quantitative estimate of drug-likeness (QED) is 0.275. The molecular formula is C23H45NO4. The van der Waals surface area contributed by atoms with Crippen LogP contribution in [0.3, 0.4) is 0 Å². The third-order valence-corrected chi connectivity index (χ3v) is 5.36. The van der Waals surface area contributed by atoms with Gasteiger partial charge in [-0.2, -0.15) is 0 Å². The van der Waals surface area contributed by atoms with Crippen molar-refractivity contribution in [2.75, 3.05) is 0 Å². The van der Waals surface area contributed by atoms with Crippen LogP contribution in [0.2, 0.25) is 0 Å². The molecule has 3 N–H and O–H groups in total. The highest BCUT2D eigenvalue weighted by molar-refractivity contribution is 5.76. The number of aliphatic hydroxyl groups excluding tert-OH is 2. The number of Topliss-reactive ketones (excluding diaryl/α,β-unsaturated/α-hetero) is 1. The zero-order valence-electron chi connectivity index (χ0n) is 18.5. The molecule has 0 aliphatic heterocycles. The first kappa shape index (κ1) is 27.1. The lowest BCUT2D eigenvalue weighted by Crippen LogP contribution is -2.48. The van der Waals surface area contributed by atoms with Gasteiger partial charge in [-0.25, -0.2) is 0 Å². The molecule has 0 aromatic heterocycles. The number of unbranched alkanes of at least 4 members (excludes halogenated alkanes) is 11. The van der Waals surface area contributed by atoms with Crippen molar-refractivity contribution in [3.05, 3.63) is 0 Å². The molecule has 0 saturated heterocycles. The van der Waals surface area contributed by atoms with Gasteiger partial charge in [0.25, 0.3) is 0 Å². The van der Waals surface area contributed by atoms with Gasteiger partial charge in [0, 0.05) is 13.3 Å². The van der Waals surface area contributed by atoms with E-state index in [1.807, 2.05) is 0 Å². The second kappa shape index (κ2) is 18.1. The van der Waals surface area contributed by atoms with Crippen LogP contribution < -0.4 is 5.32 Å². The van der Waals surface area contributed by atoms with E-state index in [1.165, 1.54) is 71.6 Å². The van der Waals surface area contributed by atoms with Gasteiger partial charge in [0.2, 0.25) is 5.91 Å². The topological polar surface area (TPSA) is 86.6 Å². The van der Waals surface area contributed by atoms with Gasteiger partial charge in [-0.3, -0.25) is 4.79 Å². The smallest absolute Gasteiger partial charge is 0.217 e. The molecule has 0 aromatic rings. The Hall–Kier alpha value is -0.940. The first-order valence-electron chi connectivity index (χ1n) is 11.5. The van der Waals surface area contributed by atoms with Crippen LogP contribution in [-0.2, 0) is 9.59 Å². The first-order chi connectivity index (χ1) is 13.4. The minimum absolute atomic E-state index is 0.0120. The van der Waals surface area contributed by atoms with E-state index >= 15 is 0 Å². The van der Waals surface area contributed by atoms with Gasteiger partial charge in [0.1, 0.15) is 5.78 Å². The molecule has 0 unspecified atom stereocenters. The summed E-state index contributed by atoms with van der Waals surface area (Å²) in [5.41, 5.74) is 0. The summed E-state index contributed by atoms with van der Waals surface area (Å²) in [7, 11) is 0. The van der Waals surface area contributed by atoms with Gasteiger partial charge >= 0.3 is 0 Å². The molecule has 28 heavy (non-hydrogen) atoms. The van der Waals surface area contributed by atoms with Crippen LogP contribution in [0.4, 0.5) is 0 Å². The van der Waals surface area contributed by atoms with E-state index in [9.17, 15) is 19.8 Å². The number of hydrogen-bond donors (Lipinski definition) is 3. The monoisotopic (exact) mass is 399 g/mol. The van der Waals surface area contributed by atoms with Crippen molar-refractivity contribution in [3.63, 3.8) is 0 Å². The fourth-order valence-electron chi connectivity index (χ4n) is 3.58. The summed E-state index contributed by atoms with van der Waals surface area (Å²) in [5.74, 6) is -0.247. The molecular weight excluding hydrogens is 354 g/mol. The number of nitrogens with one attached hydrogen (secondary N) is 1. The van der Waals surface area contributed by atoms with Gasteiger partial charge in [0.15, 0.2) is 0 Å². The SMILES string of the molecule is CCCCCCCCCCCCCC[C@@H](O)[C@@H](O)[C@H](CCC(C)=O)NC(C)=O. The highest BCUT2D eigenvalue weighted by Crippen LogP contribution is 2.16. The molecule has 0 aliphatic carbocycles. The fourth-order valence-corrected chi connectivity index (χ4v) is 3.58. The highest BCUT2D eigenvalue weighted by Gasteiger charge is 2.26. The maximum atomic E-state index is 11.3. The minimum atomic E-state index is -1.03. The average Bonchev–Trinajstić information content (AvgIpc) is 2.64. The Balaban J connectivity index is 3.80. The average molecular weight is 400 g/mol. The minimum Gasteiger partial charge on any atom is -0.390 e. The maximum absolute atomic E-state index is 11.3. The van der Waals surface area contributed by atoms with E-state index in [4.69, 9.17) is 0 Å². The molecule has 0 rings (SSSR count). The van der Waals surface area contributed by atoms with E-state index in [0.29, 0.717) is 12.8 Å². The van der Waals surface area contributed by atoms with Crippen molar-refractivity contribution >= 4 is 11.7 Å². The molecule has 0 radical (unpaired) electrons. The number of amides is 1. The molecule has 0 fully saturated rings. The number of aliphatic hydroxyl groups is 2. The van der Waals surface area contributed by atoms with Crippen molar-refractivity contribution < 1.29 is 19.8 Å². The first-order valence-corrected chi connectivity index (χ1v) is 11.5. The van der Waals surface area contributed by atoms with Gasteiger partial charge in [-0.1, -0.05) is 84.0 Å². The van der Waals surface area contributed by atoms with Gasteiger partial charge in [-0.15, -0.1) is 0 Å². The molecule has 0 saturated carbocycles. The predicted octanol–water partition coefficient (Wildman–Crippen LogP) is 4.67. The second-order valence-corrected chi connectivity index (χ2v) is 8.28. The van der Waals surface area contributed by atoms with Crippen LogP contribution in [0.15, 0.2) is 0 Å². The molecule has 3 atom stereocenters. The van der Waals surface area contributed by atoms with Crippen LogP contribution in [-0.4, -0.2) is 40.2 Å². The van der Waals surface area contributed by atoms with E-state index in [-0.39, 0.29) is 18.1 Å². The zero-order chi connectivity index (χ0) is 21.2. The fraction of sp³-hybridized carbons (Fsp3) is 0.913. The van der Waals surface area contributed by atoms with E-state index < -0.39 is 18.2 Å². The lowest BCUT2D eigenvalue weighted by atomic mass is 9.95. The number of ketones is 1. The Morgan fingerprint density at radius 1 is 0.750 bits per heavy atom. The van der Waals surface area contributed by atoms with E-state index in [2.05, 4.69) is 12.2 Å². The summed E-state index contributed by atoms with van der Waals surface area (Å²) < 4.78 is 0. The lowest BCUT2D eigenvalue weighted by Gasteiger charge is -2.27. The molecule has 0 aromatic carbocycles. The van der Waals surface area contributed by atoms with Gasteiger partial charge in [-0.05, 0) is 19.8 Å². The summed E-state index contributed by atoms with van der Waals surface area (Å²) in [5, 5.41) is 23.2. The summed E-state index contributed by atoms with van der Waals surface area (Å²) in [6, 6.07) is -0.575. The molecule has 0 bridgehead atoms. The Kier molecular flexibility index (Phi) is 17.5. The van der Waals surface area contributed by atoms with Crippen molar-refractivity contribution in [2.24, 2.45) is 0 Å². The third kappa shape index (κ3) is 16.1. The lowest BCUT2D eigenvalue weighted by molar-refractivity contribution is -0.122. The van der Waals surface area contributed by atoms with Crippen LogP contribution in [0.5, 0.6) is 0 Å². The normalized spacial score (nSPS) is 14.5. The summed E-state index contributed by atoms with van der Waals surface area (Å²) in [4.78, 5) is 22.5. The summed E-state index contributed by atoms with van der Waals surface area (Å²) in [6.45, 7) is 5.11. The molecule has 166 valence electrons. The Morgan fingerprint density at radius 2 is 1.21 bits per heavy atom. The van der Waals surface area contributed by atoms with Crippen molar-refractivity contribution in [2.45, 2.75) is 135 Å². The summed E-state index contributed by atoms with van der Waals surface area (Å²) in [6.07, 6.45) is 14.3. The largest absolute Gasteiger partial charge is 0.390 e. The van der Waals surface area contributed by atoms with Crippen molar-refractivity contribution in [1.82, 2.24) is 5.32 Å². The van der Waals surface area contributed by atoms with Crippen LogP contribution in [0, 0.1) is 0 Å². The van der Waals surface area contributed by atoms with Crippen LogP contribution >= 0.6 is 0 Å². The second-order valence-electron chi connectivity index (χ2n) is 8.28. The molecule has 5 nitrogen and oxygen atoms in total. The summed E-state index contributed by atoms with van der Waals surface area (Å²) >= 11 is 0. The number of carbonyl (C=O) groups is 2. The Labute approximate surface area is 172 Å². The standard InChI is InChI=1S/C23H45NO4/c1-4-5-6-7-8-9-10-11-12-13-14-15-16-22(27)23(28)21(24-20(3)26)18-17-19(2)25/h21-23,27-28H,4-18H2,1-3H3,(H,24,26)/t21-,22+,23-/m0/s1. The van der Waals surface area contributed by atoms with Gasteiger partial charge in [0.05, 0.1) is 18.2 Å². The maximum Gasteiger partial charge on any atom is 0.217 e. The number of carbonyl (C=O) groups excluding carboxylic acids is 2. The molecule has 0 heterocycles. The third-order valence-electron chi connectivity index (χ3n) is 5.36. The zero-order valence-corrected chi connectivity index (χ0v) is 18.5. The van der Waals surface area contributed by atoms with Crippen molar-refractivity contribution in [3.8, 4) is 0 Å². The molecule has 5 heteroatoms. The Bertz CT molecular complexity index is 400. The highest BCUT2D eigenvalue weighted by atomic mass is 16.3. The van der Waals surface area contributed by atoms with Crippen molar-refractivity contribution in [1.29, 1.82) is 0 Å². The van der Waals surface area contributed by atoms with Gasteiger partial charge < -0.3 is 20.3 Å². The molecule has 1 amide bonds. The van der Waals surface area contributed by atoms with E-state index in [0.717, 1.165) is 19.3 Å².